The summed E-state index contributed by atoms with van der Waals surface area (Å²) in [6.45, 7) is 3.68. The van der Waals surface area contributed by atoms with E-state index in [1.807, 2.05) is 25.4 Å². The van der Waals surface area contributed by atoms with E-state index in [9.17, 15) is 0 Å². The van der Waals surface area contributed by atoms with Crippen LogP contribution >= 0.6 is 0 Å². The summed E-state index contributed by atoms with van der Waals surface area (Å²) >= 11 is 0. The summed E-state index contributed by atoms with van der Waals surface area (Å²) in [5, 5.41) is 4.09. The van der Waals surface area contributed by atoms with Crippen molar-refractivity contribution in [2.75, 3.05) is 0 Å². The van der Waals surface area contributed by atoms with Crippen LogP contribution in [0.4, 0.5) is 0 Å². The lowest BCUT2D eigenvalue weighted by Gasteiger charge is -1.96. The van der Waals surface area contributed by atoms with Crippen molar-refractivity contribution in [3.8, 4) is 11.3 Å². The van der Waals surface area contributed by atoms with Gasteiger partial charge >= 0.3 is 0 Å². The van der Waals surface area contributed by atoms with Crippen LogP contribution < -0.4 is 0 Å². The molecule has 2 aromatic heterocycles. The highest BCUT2D eigenvalue weighted by atomic mass is 15.2. The number of nitrogens with zero attached hydrogens (tertiary/aromatic N) is 3. The van der Waals surface area contributed by atoms with Crippen LogP contribution in [-0.2, 0) is 7.05 Å². The molecule has 0 aliphatic heterocycles. The second kappa shape index (κ2) is 3.46. The van der Waals surface area contributed by atoms with Gasteiger partial charge in [-0.15, -0.1) is 0 Å². The van der Waals surface area contributed by atoms with Crippen molar-refractivity contribution in [3.05, 3.63) is 42.9 Å². The normalized spacial score (nSPS) is 10.1. The maximum absolute atomic E-state index is 4.31. The molecule has 0 fully saturated rings. The van der Waals surface area contributed by atoms with E-state index in [1.165, 1.54) is 0 Å². The lowest BCUT2D eigenvalue weighted by Crippen LogP contribution is -1.85. The van der Waals surface area contributed by atoms with Gasteiger partial charge < -0.3 is 0 Å². The van der Waals surface area contributed by atoms with Gasteiger partial charge in [-0.3, -0.25) is 9.67 Å². The Morgan fingerprint density at radius 1 is 1.36 bits per heavy atom. The summed E-state index contributed by atoms with van der Waals surface area (Å²) in [7, 11) is 1.89. The molecule has 0 N–H and O–H groups in total. The molecule has 0 aliphatic rings. The fraction of sp³-hybridized carbons (Fsp3) is 0.0909. The van der Waals surface area contributed by atoms with Gasteiger partial charge in [-0.25, -0.2) is 0 Å². The van der Waals surface area contributed by atoms with Crippen LogP contribution in [0, 0.1) is 0 Å². The molecule has 3 nitrogen and oxygen atoms in total. The third-order valence-corrected chi connectivity index (χ3v) is 2.02. The number of pyridine rings is 1. The molecular weight excluding hydrogens is 174 g/mol. The van der Waals surface area contributed by atoms with Gasteiger partial charge in [0.05, 0.1) is 11.9 Å². The van der Waals surface area contributed by atoms with E-state index in [4.69, 9.17) is 0 Å². The summed E-state index contributed by atoms with van der Waals surface area (Å²) in [6, 6.07) is 3.95. The molecule has 0 spiro atoms. The van der Waals surface area contributed by atoms with E-state index in [-0.39, 0.29) is 0 Å². The van der Waals surface area contributed by atoms with Gasteiger partial charge in [0.15, 0.2) is 0 Å². The highest BCUT2D eigenvalue weighted by Crippen LogP contribution is 2.15. The fourth-order valence-corrected chi connectivity index (χ4v) is 1.25. The minimum Gasteiger partial charge on any atom is -0.275 e. The average molecular weight is 185 g/mol. The third kappa shape index (κ3) is 1.57. The lowest BCUT2D eigenvalue weighted by atomic mass is 10.2. The smallest absolute Gasteiger partial charge is 0.0733 e. The molecular formula is C11H11N3. The quantitative estimate of drug-likeness (QED) is 0.717. The molecule has 2 heterocycles. The van der Waals surface area contributed by atoms with Crippen molar-refractivity contribution in [2.24, 2.45) is 7.05 Å². The monoisotopic (exact) mass is 185 g/mol. The van der Waals surface area contributed by atoms with Crippen molar-refractivity contribution in [1.82, 2.24) is 14.8 Å². The summed E-state index contributed by atoms with van der Waals surface area (Å²) in [4.78, 5) is 4.31. The number of aromatic nitrogens is 3. The van der Waals surface area contributed by atoms with Gasteiger partial charge in [-0.2, -0.15) is 5.10 Å². The van der Waals surface area contributed by atoms with Crippen LogP contribution in [0.3, 0.4) is 0 Å². The van der Waals surface area contributed by atoms with Gasteiger partial charge in [0.2, 0.25) is 0 Å². The SMILES string of the molecule is C=Cc1ccc(-c2cnn(C)c2)nc1. The lowest BCUT2D eigenvalue weighted by molar-refractivity contribution is 0.768. The van der Waals surface area contributed by atoms with Gasteiger partial charge in [0.1, 0.15) is 0 Å². The molecule has 3 heteroatoms. The summed E-state index contributed by atoms with van der Waals surface area (Å²) in [5.41, 5.74) is 2.99. The molecule has 0 aliphatic carbocycles. The average Bonchev–Trinajstić information content (AvgIpc) is 2.65. The highest BCUT2D eigenvalue weighted by molar-refractivity contribution is 5.58. The number of rotatable bonds is 2. The first-order valence-electron chi connectivity index (χ1n) is 4.37. The van der Waals surface area contributed by atoms with Crippen LogP contribution in [0.15, 0.2) is 37.3 Å². The summed E-state index contributed by atoms with van der Waals surface area (Å²) < 4.78 is 1.76. The molecule has 0 unspecified atom stereocenters. The topological polar surface area (TPSA) is 30.7 Å². The first-order valence-corrected chi connectivity index (χ1v) is 4.37. The van der Waals surface area contributed by atoms with Crippen molar-refractivity contribution in [1.29, 1.82) is 0 Å². The number of hydrogen-bond acceptors (Lipinski definition) is 2. The minimum atomic E-state index is 0.934. The third-order valence-electron chi connectivity index (χ3n) is 2.02. The Morgan fingerprint density at radius 2 is 2.21 bits per heavy atom. The fourth-order valence-electron chi connectivity index (χ4n) is 1.25. The van der Waals surface area contributed by atoms with Crippen LogP contribution in [0.5, 0.6) is 0 Å². The summed E-state index contributed by atoms with van der Waals surface area (Å²) in [6.07, 6.45) is 7.32. The van der Waals surface area contributed by atoms with Crippen LogP contribution in [0.25, 0.3) is 17.3 Å². The van der Waals surface area contributed by atoms with Gasteiger partial charge in [-0.05, 0) is 11.6 Å². The minimum absolute atomic E-state index is 0.934. The molecule has 0 radical (unpaired) electrons. The van der Waals surface area contributed by atoms with Crippen molar-refractivity contribution < 1.29 is 0 Å². The zero-order valence-corrected chi connectivity index (χ0v) is 8.01. The molecule has 14 heavy (non-hydrogen) atoms. The Bertz CT molecular complexity index is 440. The zero-order valence-electron chi connectivity index (χ0n) is 8.01. The Hall–Kier alpha value is -1.90. The Kier molecular flexibility index (Phi) is 2.14. The van der Waals surface area contributed by atoms with Crippen molar-refractivity contribution in [3.63, 3.8) is 0 Å². The number of hydrogen-bond donors (Lipinski definition) is 0. The standard InChI is InChI=1S/C11H11N3/c1-3-9-4-5-11(12-6-9)10-7-13-14(2)8-10/h3-8H,1H2,2H3. The van der Waals surface area contributed by atoms with Crippen molar-refractivity contribution >= 4 is 6.08 Å². The molecule has 2 aromatic rings. The van der Waals surface area contributed by atoms with E-state index in [1.54, 1.807) is 23.2 Å². The molecule has 70 valence electrons. The highest BCUT2D eigenvalue weighted by Gasteiger charge is 2.00. The Morgan fingerprint density at radius 3 is 2.71 bits per heavy atom. The second-order valence-electron chi connectivity index (χ2n) is 3.08. The Labute approximate surface area is 82.7 Å². The van der Waals surface area contributed by atoms with Crippen LogP contribution in [0.1, 0.15) is 5.56 Å². The predicted molar refractivity (Wildman–Crippen MR) is 56.5 cm³/mol. The molecule has 0 bridgehead atoms. The molecule has 0 aromatic carbocycles. The predicted octanol–water partition coefficient (Wildman–Crippen LogP) is 2.13. The molecule has 0 amide bonds. The van der Waals surface area contributed by atoms with E-state index in [0.717, 1.165) is 16.8 Å². The molecule has 0 saturated carbocycles. The number of aryl methyl sites for hydroxylation is 1. The van der Waals surface area contributed by atoms with E-state index in [2.05, 4.69) is 16.7 Å². The van der Waals surface area contributed by atoms with Crippen LogP contribution in [0.2, 0.25) is 0 Å². The summed E-state index contributed by atoms with van der Waals surface area (Å²) in [5.74, 6) is 0. The van der Waals surface area contributed by atoms with Gasteiger partial charge in [-0.1, -0.05) is 18.7 Å². The Balaban J connectivity index is 2.38. The zero-order chi connectivity index (χ0) is 9.97. The maximum atomic E-state index is 4.31. The molecule has 0 atom stereocenters. The van der Waals surface area contributed by atoms with Gasteiger partial charge in [0, 0.05) is 25.0 Å². The van der Waals surface area contributed by atoms with Crippen molar-refractivity contribution in [2.45, 2.75) is 0 Å². The first-order chi connectivity index (χ1) is 6.79. The molecule has 0 saturated heterocycles. The first kappa shape index (κ1) is 8.69. The van der Waals surface area contributed by atoms with Crippen LogP contribution in [-0.4, -0.2) is 14.8 Å². The second-order valence-corrected chi connectivity index (χ2v) is 3.08. The van der Waals surface area contributed by atoms with Gasteiger partial charge in [0.25, 0.3) is 0 Å². The van der Waals surface area contributed by atoms with E-state index < -0.39 is 0 Å². The van der Waals surface area contributed by atoms with E-state index in [0.29, 0.717) is 0 Å². The van der Waals surface area contributed by atoms with E-state index >= 15 is 0 Å². The largest absolute Gasteiger partial charge is 0.275 e. The maximum Gasteiger partial charge on any atom is 0.0733 e. The molecule has 2 rings (SSSR count).